The van der Waals surface area contributed by atoms with E-state index in [0.717, 1.165) is 18.8 Å². The standard InChI is InChI=1S/C9H14ClN3/c1-2-8(10)6-11-7-9-12-4-3-5-13-9/h3-5,8,11H,2,6-7H2,1H3. The molecule has 3 nitrogen and oxygen atoms in total. The van der Waals surface area contributed by atoms with E-state index in [-0.39, 0.29) is 5.38 Å². The third-order valence-corrected chi connectivity index (χ3v) is 2.17. The molecule has 0 saturated carbocycles. The average Bonchev–Trinajstić information content (AvgIpc) is 2.19. The molecule has 0 amide bonds. The summed E-state index contributed by atoms with van der Waals surface area (Å²) in [6.45, 7) is 3.55. The van der Waals surface area contributed by atoms with Crippen molar-refractivity contribution < 1.29 is 0 Å². The molecule has 13 heavy (non-hydrogen) atoms. The number of rotatable bonds is 5. The molecule has 0 aliphatic rings. The lowest BCUT2D eigenvalue weighted by molar-refractivity contribution is 0.628. The third kappa shape index (κ3) is 4.20. The van der Waals surface area contributed by atoms with Crippen LogP contribution in [0.1, 0.15) is 19.2 Å². The Bertz CT molecular complexity index is 228. The molecule has 1 aromatic rings. The normalized spacial score (nSPS) is 12.8. The maximum atomic E-state index is 5.93. The number of aromatic nitrogens is 2. The van der Waals surface area contributed by atoms with Crippen LogP contribution >= 0.6 is 11.6 Å². The van der Waals surface area contributed by atoms with Crippen molar-refractivity contribution in [3.63, 3.8) is 0 Å². The van der Waals surface area contributed by atoms with Crippen LogP contribution in [0.25, 0.3) is 0 Å². The van der Waals surface area contributed by atoms with Gasteiger partial charge in [-0.25, -0.2) is 9.97 Å². The van der Waals surface area contributed by atoms with Crippen LogP contribution in [-0.2, 0) is 6.54 Å². The van der Waals surface area contributed by atoms with Gasteiger partial charge in [0.2, 0.25) is 0 Å². The van der Waals surface area contributed by atoms with Gasteiger partial charge in [0.1, 0.15) is 5.82 Å². The Balaban J connectivity index is 2.20. The van der Waals surface area contributed by atoms with Gasteiger partial charge in [0.05, 0.1) is 6.54 Å². The maximum absolute atomic E-state index is 5.93. The highest BCUT2D eigenvalue weighted by Crippen LogP contribution is 1.98. The van der Waals surface area contributed by atoms with Gasteiger partial charge in [0, 0.05) is 24.3 Å². The zero-order valence-electron chi connectivity index (χ0n) is 7.70. The third-order valence-electron chi connectivity index (χ3n) is 1.71. The predicted octanol–water partition coefficient (Wildman–Crippen LogP) is 1.58. The SMILES string of the molecule is CCC(Cl)CNCc1ncccn1. The summed E-state index contributed by atoms with van der Waals surface area (Å²) in [7, 11) is 0. The second kappa shape index (κ2) is 5.89. The lowest BCUT2D eigenvalue weighted by Crippen LogP contribution is -2.23. The first-order chi connectivity index (χ1) is 6.33. The predicted molar refractivity (Wildman–Crippen MR) is 53.7 cm³/mol. The number of hydrogen-bond donors (Lipinski definition) is 1. The summed E-state index contributed by atoms with van der Waals surface area (Å²) in [6.07, 6.45) is 4.45. The monoisotopic (exact) mass is 199 g/mol. The minimum absolute atomic E-state index is 0.198. The molecule has 1 unspecified atom stereocenters. The van der Waals surface area contributed by atoms with Crippen LogP contribution in [0.15, 0.2) is 18.5 Å². The molecule has 0 spiro atoms. The molecule has 1 aromatic heterocycles. The van der Waals surface area contributed by atoms with Gasteiger partial charge in [-0.15, -0.1) is 11.6 Å². The van der Waals surface area contributed by atoms with Crippen LogP contribution < -0.4 is 5.32 Å². The fraction of sp³-hybridized carbons (Fsp3) is 0.556. The Kier molecular flexibility index (Phi) is 4.72. The largest absolute Gasteiger partial charge is 0.308 e. The summed E-state index contributed by atoms with van der Waals surface area (Å²) >= 11 is 5.93. The Hall–Kier alpha value is -0.670. The Morgan fingerprint density at radius 1 is 1.46 bits per heavy atom. The maximum Gasteiger partial charge on any atom is 0.141 e. The number of hydrogen-bond acceptors (Lipinski definition) is 3. The fourth-order valence-corrected chi connectivity index (χ4v) is 1.02. The van der Waals surface area contributed by atoms with Crippen molar-refractivity contribution in [2.45, 2.75) is 25.3 Å². The van der Waals surface area contributed by atoms with Crippen LogP contribution in [0.4, 0.5) is 0 Å². The zero-order valence-corrected chi connectivity index (χ0v) is 8.46. The minimum atomic E-state index is 0.198. The molecule has 1 atom stereocenters. The van der Waals surface area contributed by atoms with Crippen LogP contribution in [0, 0.1) is 0 Å². The van der Waals surface area contributed by atoms with Crippen molar-refractivity contribution in [2.75, 3.05) is 6.54 Å². The highest BCUT2D eigenvalue weighted by Gasteiger charge is 2.00. The Morgan fingerprint density at radius 2 is 2.15 bits per heavy atom. The van der Waals surface area contributed by atoms with Gasteiger partial charge < -0.3 is 5.32 Å². The summed E-state index contributed by atoms with van der Waals surface area (Å²) in [5, 5.41) is 3.39. The Labute approximate surface area is 83.5 Å². The van der Waals surface area contributed by atoms with Crippen molar-refractivity contribution in [1.82, 2.24) is 15.3 Å². The van der Waals surface area contributed by atoms with Gasteiger partial charge in [-0.3, -0.25) is 0 Å². The highest BCUT2D eigenvalue weighted by molar-refractivity contribution is 6.20. The van der Waals surface area contributed by atoms with Crippen LogP contribution in [0.5, 0.6) is 0 Å². The molecular weight excluding hydrogens is 186 g/mol. The molecular formula is C9H14ClN3. The molecule has 1 rings (SSSR count). The molecule has 1 heterocycles. The molecule has 0 fully saturated rings. The summed E-state index contributed by atoms with van der Waals surface area (Å²) in [5.41, 5.74) is 0. The van der Waals surface area contributed by atoms with Crippen LogP contribution in [0.3, 0.4) is 0 Å². The van der Waals surface area contributed by atoms with Crippen molar-refractivity contribution in [2.24, 2.45) is 0 Å². The molecule has 1 N–H and O–H groups in total. The van der Waals surface area contributed by atoms with Crippen molar-refractivity contribution in [3.05, 3.63) is 24.3 Å². The van der Waals surface area contributed by atoms with Gasteiger partial charge in [0.15, 0.2) is 0 Å². The molecule has 72 valence electrons. The summed E-state index contributed by atoms with van der Waals surface area (Å²) in [6, 6.07) is 1.81. The first kappa shape index (κ1) is 10.4. The van der Waals surface area contributed by atoms with E-state index < -0.39 is 0 Å². The molecule has 0 aliphatic heterocycles. The van der Waals surface area contributed by atoms with Crippen molar-refractivity contribution >= 4 is 11.6 Å². The second-order valence-electron chi connectivity index (χ2n) is 2.80. The highest BCUT2D eigenvalue weighted by atomic mass is 35.5. The lowest BCUT2D eigenvalue weighted by atomic mass is 10.3. The first-order valence-corrected chi connectivity index (χ1v) is 4.87. The average molecular weight is 200 g/mol. The zero-order chi connectivity index (χ0) is 9.52. The quantitative estimate of drug-likeness (QED) is 0.732. The van der Waals surface area contributed by atoms with E-state index >= 15 is 0 Å². The van der Waals surface area contributed by atoms with E-state index in [1.165, 1.54) is 0 Å². The van der Waals surface area contributed by atoms with E-state index in [9.17, 15) is 0 Å². The van der Waals surface area contributed by atoms with Crippen molar-refractivity contribution in [3.8, 4) is 0 Å². The van der Waals surface area contributed by atoms with Gasteiger partial charge in [-0.2, -0.15) is 0 Å². The molecule has 4 heteroatoms. The van der Waals surface area contributed by atoms with E-state index in [1.54, 1.807) is 18.5 Å². The summed E-state index contributed by atoms with van der Waals surface area (Å²) in [5.74, 6) is 0.808. The van der Waals surface area contributed by atoms with Gasteiger partial charge >= 0.3 is 0 Å². The minimum Gasteiger partial charge on any atom is -0.308 e. The number of halogens is 1. The molecule has 0 bridgehead atoms. The van der Waals surface area contributed by atoms with E-state index in [0.29, 0.717) is 6.54 Å². The molecule has 0 aromatic carbocycles. The van der Waals surface area contributed by atoms with Gasteiger partial charge in [-0.05, 0) is 12.5 Å². The molecule has 0 radical (unpaired) electrons. The van der Waals surface area contributed by atoms with Gasteiger partial charge in [-0.1, -0.05) is 6.92 Å². The Morgan fingerprint density at radius 3 is 2.77 bits per heavy atom. The summed E-state index contributed by atoms with van der Waals surface area (Å²) in [4.78, 5) is 8.17. The number of alkyl halides is 1. The topological polar surface area (TPSA) is 37.8 Å². The second-order valence-corrected chi connectivity index (χ2v) is 3.42. The summed E-state index contributed by atoms with van der Waals surface area (Å²) < 4.78 is 0. The molecule has 0 aliphatic carbocycles. The number of nitrogens with one attached hydrogen (secondary N) is 1. The van der Waals surface area contributed by atoms with E-state index in [2.05, 4.69) is 22.2 Å². The number of nitrogens with zero attached hydrogens (tertiary/aromatic N) is 2. The van der Waals surface area contributed by atoms with Crippen molar-refractivity contribution in [1.29, 1.82) is 0 Å². The smallest absolute Gasteiger partial charge is 0.141 e. The van der Waals surface area contributed by atoms with E-state index in [1.807, 2.05) is 0 Å². The first-order valence-electron chi connectivity index (χ1n) is 4.43. The van der Waals surface area contributed by atoms with E-state index in [4.69, 9.17) is 11.6 Å². The molecule has 0 saturated heterocycles. The lowest BCUT2D eigenvalue weighted by Gasteiger charge is -2.06. The fourth-order valence-electron chi connectivity index (χ4n) is 0.906. The van der Waals surface area contributed by atoms with Crippen LogP contribution in [-0.4, -0.2) is 21.9 Å². The van der Waals surface area contributed by atoms with Crippen LogP contribution in [0.2, 0.25) is 0 Å². The van der Waals surface area contributed by atoms with Gasteiger partial charge in [0.25, 0.3) is 0 Å².